The van der Waals surface area contributed by atoms with Crippen molar-refractivity contribution >= 4 is 34.9 Å². The second-order valence-electron chi connectivity index (χ2n) is 7.06. The van der Waals surface area contributed by atoms with Crippen molar-refractivity contribution in [1.29, 1.82) is 0 Å². The molecule has 2 N–H and O–H groups in total. The van der Waals surface area contributed by atoms with Gasteiger partial charge in [0.2, 0.25) is 0 Å². The Morgan fingerprint density at radius 2 is 2.00 bits per heavy atom. The van der Waals surface area contributed by atoms with Gasteiger partial charge in [-0.1, -0.05) is 47.5 Å². The van der Waals surface area contributed by atoms with Crippen LogP contribution in [0.1, 0.15) is 30.9 Å². The first-order valence-corrected chi connectivity index (χ1v) is 10.0. The predicted octanol–water partition coefficient (Wildman–Crippen LogP) is 5.48. The highest BCUT2D eigenvalue weighted by atomic mass is 35.5. The van der Waals surface area contributed by atoms with Crippen molar-refractivity contribution in [2.75, 3.05) is 11.9 Å². The zero-order valence-electron chi connectivity index (χ0n) is 15.6. The molecule has 1 aliphatic rings. The SMILES string of the molecule is Cc1cccc(Cl)c1NC(=O)N(Cc1ccc(Cl)cc1)C(C)C1CCCN1. The largest absolute Gasteiger partial charge is 0.322 e. The number of anilines is 1. The van der Waals surface area contributed by atoms with Gasteiger partial charge in [0.15, 0.2) is 0 Å². The fourth-order valence-corrected chi connectivity index (χ4v) is 3.89. The molecule has 1 fully saturated rings. The zero-order chi connectivity index (χ0) is 19.4. The summed E-state index contributed by atoms with van der Waals surface area (Å²) in [5.74, 6) is 0. The van der Waals surface area contributed by atoms with Gasteiger partial charge >= 0.3 is 6.03 Å². The van der Waals surface area contributed by atoms with E-state index in [0.29, 0.717) is 22.3 Å². The van der Waals surface area contributed by atoms with E-state index in [-0.39, 0.29) is 18.1 Å². The van der Waals surface area contributed by atoms with E-state index in [9.17, 15) is 4.79 Å². The Labute approximate surface area is 170 Å². The molecule has 0 spiro atoms. The highest BCUT2D eigenvalue weighted by Gasteiger charge is 2.29. The molecule has 3 rings (SSSR count). The van der Waals surface area contributed by atoms with Crippen LogP contribution in [0.5, 0.6) is 0 Å². The minimum Gasteiger partial charge on any atom is -0.316 e. The Morgan fingerprint density at radius 1 is 1.26 bits per heavy atom. The Hall–Kier alpha value is -1.75. The summed E-state index contributed by atoms with van der Waals surface area (Å²) in [7, 11) is 0. The van der Waals surface area contributed by atoms with Gasteiger partial charge in [0.25, 0.3) is 0 Å². The predicted molar refractivity (Wildman–Crippen MR) is 113 cm³/mol. The third-order valence-electron chi connectivity index (χ3n) is 5.15. The second kappa shape index (κ2) is 8.96. The molecule has 1 aliphatic heterocycles. The molecule has 2 atom stereocenters. The normalized spacial score (nSPS) is 17.6. The first-order chi connectivity index (χ1) is 13.0. The standard InChI is InChI=1S/C21H25Cl2N3O/c1-14-5-3-6-18(23)20(14)25-21(27)26(15(2)19-7-4-12-24-19)13-16-8-10-17(22)11-9-16/h3,5-6,8-11,15,19,24H,4,7,12-13H2,1-2H3,(H,25,27). The molecule has 6 heteroatoms. The number of aryl methyl sites for hydroxylation is 1. The van der Waals surface area contributed by atoms with Crippen molar-refractivity contribution in [1.82, 2.24) is 10.2 Å². The van der Waals surface area contributed by atoms with E-state index in [2.05, 4.69) is 17.6 Å². The van der Waals surface area contributed by atoms with Crippen molar-refractivity contribution in [2.24, 2.45) is 0 Å². The van der Waals surface area contributed by atoms with Crippen LogP contribution in [0, 0.1) is 6.92 Å². The minimum absolute atomic E-state index is 0.0472. The maximum atomic E-state index is 13.2. The van der Waals surface area contributed by atoms with E-state index < -0.39 is 0 Å². The van der Waals surface area contributed by atoms with Gasteiger partial charge in [-0.3, -0.25) is 0 Å². The molecule has 27 heavy (non-hydrogen) atoms. The molecule has 0 aromatic heterocycles. The van der Waals surface area contributed by atoms with E-state index >= 15 is 0 Å². The summed E-state index contributed by atoms with van der Waals surface area (Å²) >= 11 is 12.3. The number of urea groups is 1. The number of rotatable bonds is 5. The second-order valence-corrected chi connectivity index (χ2v) is 7.90. The molecule has 2 aromatic carbocycles. The summed E-state index contributed by atoms with van der Waals surface area (Å²) in [6.07, 6.45) is 2.20. The molecular formula is C21H25Cl2N3O. The van der Waals surface area contributed by atoms with E-state index in [1.54, 1.807) is 6.07 Å². The van der Waals surface area contributed by atoms with Crippen LogP contribution in [-0.4, -0.2) is 29.6 Å². The van der Waals surface area contributed by atoms with Crippen LogP contribution < -0.4 is 10.6 Å². The lowest BCUT2D eigenvalue weighted by atomic mass is 10.1. The van der Waals surface area contributed by atoms with Gasteiger partial charge in [0, 0.05) is 23.7 Å². The van der Waals surface area contributed by atoms with Crippen molar-refractivity contribution in [3.63, 3.8) is 0 Å². The molecule has 0 bridgehead atoms. The number of hydrogen-bond acceptors (Lipinski definition) is 2. The molecular weight excluding hydrogens is 381 g/mol. The van der Waals surface area contributed by atoms with Gasteiger partial charge < -0.3 is 15.5 Å². The Balaban J connectivity index is 1.83. The van der Waals surface area contributed by atoms with Crippen LogP contribution in [0.2, 0.25) is 10.0 Å². The van der Waals surface area contributed by atoms with Gasteiger partial charge in [-0.25, -0.2) is 4.79 Å². The first kappa shape index (κ1) is 20.0. The van der Waals surface area contributed by atoms with Gasteiger partial charge in [0.05, 0.1) is 10.7 Å². The number of amides is 2. The fraction of sp³-hybridized carbons (Fsp3) is 0.381. The summed E-state index contributed by atoms with van der Waals surface area (Å²) in [5.41, 5.74) is 2.64. The lowest BCUT2D eigenvalue weighted by Gasteiger charge is -2.33. The molecule has 0 aliphatic carbocycles. The molecule has 0 radical (unpaired) electrons. The number of halogens is 2. The number of nitrogens with zero attached hydrogens (tertiary/aromatic N) is 1. The van der Waals surface area contributed by atoms with E-state index in [4.69, 9.17) is 23.2 Å². The van der Waals surface area contributed by atoms with Crippen molar-refractivity contribution in [3.05, 3.63) is 63.6 Å². The molecule has 1 heterocycles. The number of carbonyl (C=O) groups is 1. The molecule has 144 valence electrons. The third kappa shape index (κ3) is 4.95. The number of hydrogen-bond donors (Lipinski definition) is 2. The highest BCUT2D eigenvalue weighted by Crippen LogP contribution is 2.27. The van der Waals surface area contributed by atoms with Crippen LogP contribution in [0.3, 0.4) is 0 Å². The Bertz CT molecular complexity index is 768. The summed E-state index contributed by atoms with van der Waals surface area (Å²) in [4.78, 5) is 15.1. The molecule has 2 unspecified atom stereocenters. The van der Waals surface area contributed by atoms with Gasteiger partial charge in [-0.2, -0.15) is 0 Å². The molecule has 4 nitrogen and oxygen atoms in total. The summed E-state index contributed by atoms with van der Waals surface area (Å²) < 4.78 is 0. The first-order valence-electron chi connectivity index (χ1n) is 9.26. The van der Waals surface area contributed by atoms with Gasteiger partial charge in [-0.05, 0) is 62.6 Å². The van der Waals surface area contributed by atoms with Crippen molar-refractivity contribution in [2.45, 2.75) is 45.3 Å². The zero-order valence-corrected chi connectivity index (χ0v) is 17.1. The quantitative estimate of drug-likeness (QED) is 0.691. The lowest BCUT2D eigenvalue weighted by Crippen LogP contribution is -2.49. The average molecular weight is 406 g/mol. The third-order valence-corrected chi connectivity index (χ3v) is 5.72. The number of nitrogens with one attached hydrogen (secondary N) is 2. The van der Waals surface area contributed by atoms with Crippen LogP contribution in [0.15, 0.2) is 42.5 Å². The maximum Gasteiger partial charge on any atom is 0.322 e. The molecule has 2 amide bonds. The van der Waals surface area contributed by atoms with E-state index in [1.807, 2.05) is 48.2 Å². The van der Waals surface area contributed by atoms with E-state index in [0.717, 1.165) is 30.5 Å². The average Bonchev–Trinajstić information content (AvgIpc) is 3.18. The van der Waals surface area contributed by atoms with Crippen molar-refractivity contribution < 1.29 is 4.79 Å². The summed E-state index contributed by atoms with van der Waals surface area (Å²) in [6, 6.07) is 13.4. The summed E-state index contributed by atoms with van der Waals surface area (Å²) in [6.45, 7) is 5.53. The monoisotopic (exact) mass is 405 g/mol. The topological polar surface area (TPSA) is 44.4 Å². The van der Waals surface area contributed by atoms with Gasteiger partial charge in [0.1, 0.15) is 0 Å². The number of para-hydroxylation sites is 1. The van der Waals surface area contributed by atoms with Crippen LogP contribution in [-0.2, 0) is 6.54 Å². The van der Waals surface area contributed by atoms with Crippen LogP contribution in [0.4, 0.5) is 10.5 Å². The lowest BCUT2D eigenvalue weighted by molar-refractivity contribution is 0.174. The number of benzene rings is 2. The minimum atomic E-state index is -0.151. The van der Waals surface area contributed by atoms with Crippen LogP contribution in [0.25, 0.3) is 0 Å². The molecule has 2 aromatic rings. The summed E-state index contributed by atoms with van der Waals surface area (Å²) in [5, 5.41) is 7.75. The highest BCUT2D eigenvalue weighted by molar-refractivity contribution is 6.33. The van der Waals surface area contributed by atoms with Gasteiger partial charge in [-0.15, -0.1) is 0 Å². The Kier molecular flexibility index (Phi) is 6.64. The smallest absolute Gasteiger partial charge is 0.316 e. The van der Waals surface area contributed by atoms with E-state index in [1.165, 1.54) is 0 Å². The maximum absolute atomic E-state index is 13.2. The Morgan fingerprint density at radius 3 is 2.63 bits per heavy atom. The molecule has 0 saturated carbocycles. The van der Waals surface area contributed by atoms with Crippen LogP contribution >= 0.6 is 23.2 Å². The van der Waals surface area contributed by atoms with Crippen molar-refractivity contribution in [3.8, 4) is 0 Å². The fourth-order valence-electron chi connectivity index (χ4n) is 3.50. The molecule has 1 saturated heterocycles. The number of carbonyl (C=O) groups excluding carboxylic acids is 1.